The number of rotatable bonds is 3. The van der Waals surface area contributed by atoms with Crippen LogP contribution in [0.5, 0.6) is 0 Å². The van der Waals surface area contributed by atoms with Gasteiger partial charge in [0.1, 0.15) is 5.82 Å². The van der Waals surface area contributed by atoms with Crippen molar-refractivity contribution >= 4 is 21.8 Å². The Bertz CT molecular complexity index is 424. The zero-order chi connectivity index (χ0) is 13.0. The molecule has 1 aromatic rings. The van der Waals surface area contributed by atoms with Crippen molar-refractivity contribution in [2.24, 2.45) is 0 Å². The lowest BCUT2D eigenvalue weighted by atomic mass is 9.95. The van der Waals surface area contributed by atoms with E-state index in [-0.39, 0.29) is 24.2 Å². The molecule has 18 heavy (non-hydrogen) atoms. The first-order valence-electron chi connectivity index (χ1n) is 6.33. The highest BCUT2D eigenvalue weighted by Gasteiger charge is 2.24. The van der Waals surface area contributed by atoms with Crippen LogP contribution in [0.3, 0.4) is 0 Å². The molecule has 2 atom stereocenters. The van der Waals surface area contributed by atoms with Crippen LogP contribution in [0, 0.1) is 5.82 Å². The first kappa shape index (κ1) is 13.5. The quantitative estimate of drug-likeness (QED) is 0.853. The highest BCUT2D eigenvalue weighted by Crippen LogP contribution is 2.24. The van der Waals surface area contributed by atoms with Crippen molar-refractivity contribution in [3.63, 3.8) is 0 Å². The number of benzene rings is 1. The smallest absolute Gasteiger partial charge is 0.224 e. The molecule has 1 aliphatic carbocycles. The zero-order valence-electron chi connectivity index (χ0n) is 10.2. The Morgan fingerprint density at radius 2 is 2.06 bits per heavy atom. The van der Waals surface area contributed by atoms with Gasteiger partial charge < -0.3 is 5.32 Å². The molecule has 0 aliphatic heterocycles. The minimum atomic E-state index is -0.313. The molecule has 1 amide bonds. The summed E-state index contributed by atoms with van der Waals surface area (Å²) in [5.74, 6) is -0.414. The van der Waals surface area contributed by atoms with E-state index in [1.165, 1.54) is 12.5 Å². The third kappa shape index (κ3) is 3.55. The Labute approximate surface area is 115 Å². The van der Waals surface area contributed by atoms with E-state index < -0.39 is 0 Å². The number of halogens is 2. The molecule has 1 fully saturated rings. The number of alkyl halides is 1. The van der Waals surface area contributed by atoms with E-state index in [1.807, 2.05) is 0 Å². The van der Waals surface area contributed by atoms with Crippen LogP contribution in [0.2, 0.25) is 0 Å². The predicted octanol–water partition coefficient (Wildman–Crippen LogP) is 3.19. The average Bonchev–Trinajstić information content (AvgIpc) is 2.35. The molecule has 98 valence electrons. The lowest BCUT2D eigenvalue weighted by molar-refractivity contribution is -0.121. The Hall–Kier alpha value is -0.900. The maximum absolute atomic E-state index is 13.4. The summed E-state index contributed by atoms with van der Waals surface area (Å²) < 4.78 is 13.4. The number of hydrogen-bond acceptors (Lipinski definition) is 1. The second kappa shape index (κ2) is 6.32. The van der Waals surface area contributed by atoms with Gasteiger partial charge in [-0.15, -0.1) is 0 Å². The van der Waals surface area contributed by atoms with E-state index in [1.54, 1.807) is 18.2 Å². The number of carbonyl (C=O) groups excluding carboxylic acids is 1. The number of hydrogen-bond donors (Lipinski definition) is 1. The van der Waals surface area contributed by atoms with Crippen molar-refractivity contribution in [3.8, 4) is 0 Å². The van der Waals surface area contributed by atoms with E-state index in [2.05, 4.69) is 21.2 Å². The standard InChI is InChI=1S/C14H17BrFNO/c15-11-6-2-4-8-13(11)17-14(18)9-10-5-1-3-7-12(10)16/h1,3,5,7,11,13H,2,4,6,8-9H2,(H,17,18). The highest BCUT2D eigenvalue weighted by atomic mass is 79.9. The molecule has 2 rings (SSSR count). The van der Waals surface area contributed by atoms with Gasteiger partial charge in [0.05, 0.1) is 6.42 Å². The van der Waals surface area contributed by atoms with Gasteiger partial charge >= 0.3 is 0 Å². The minimum absolute atomic E-state index is 0.101. The molecule has 0 aromatic heterocycles. The van der Waals surface area contributed by atoms with E-state index in [0.29, 0.717) is 10.4 Å². The van der Waals surface area contributed by atoms with Crippen molar-refractivity contribution in [2.75, 3.05) is 0 Å². The molecule has 1 N–H and O–H groups in total. The highest BCUT2D eigenvalue weighted by molar-refractivity contribution is 9.09. The second-order valence-electron chi connectivity index (χ2n) is 4.74. The van der Waals surface area contributed by atoms with Gasteiger partial charge in [-0.25, -0.2) is 4.39 Å². The van der Waals surface area contributed by atoms with Gasteiger partial charge in [-0.2, -0.15) is 0 Å². The second-order valence-corrected chi connectivity index (χ2v) is 5.92. The molecule has 2 nitrogen and oxygen atoms in total. The maximum atomic E-state index is 13.4. The van der Waals surface area contributed by atoms with E-state index in [4.69, 9.17) is 0 Å². The van der Waals surface area contributed by atoms with Gasteiger partial charge in [0.25, 0.3) is 0 Å². The molecular formula is C14H17BrFNO. The molecule has 0 radical (unpaired) electrons. The molecule has 0 bridgehead atoms. The van der Waals surface area contributed by atoms with Crippen LogP contribution in [0.1, 0.15) is 31.2 Å². The maximum Gasteiger partial charge on any atom is 0.224 e. The van der Waals surface area contributed by atoms with Crippen LogP contribution >= 0.6 is 15.9 Å². The molecule has 0 saturated heterocycles. The van der Waals surface area contributed by atoms with Gasteiger partial charge in [0, 0.05) is 10.9 Å². The van der Waals surface area contributed by atoms with Crippen molar-refractivity contribution in [2.45, 2.75) is 43.0 Å². The number of amides is 1. The fraction of sp³-hybridized carbons (Fsp3) is 0.500. The first-order valence-corrected chi connectivity index (χ1v) is 7.25. The van der Waals surface area contributed by atoms with Gasteiger partial charge in [0.15, 0.2) is 0 Å². The summed E-state index contributed by atoms with van der Waals surface area (Å²) in [6.07, 6.45) is 4.55. The Balaban J connectivity index is 1.90. The molecule has 2 unspecified atom stereocenters. The Morgan fingerprint density at radius 1 is 1.33 bits per heavy atom. The van der Waals surface area contributed by atoms with Gasteiger partial charge in [-0.3, -0.25) is 4.79 Å². The lowest BCUT2D eigenvalue weighted by Gasteiger charge is -2.28. The summed E-state index contributed by atoms with van der Waals surface area (Å²) in [5, 5.41) is 2.99. The molecular weight excluding hydrogens is 297 g/mol. The average molecular weight is 314 g/mol. The molecule has 0 heterocycles. The summed E-state index contributed by atoms with van der Waals surface area (Å²) in [6.45, 7) is 0. The summed E-state index contributed by atoms with van der Waals surface area (Å²) >= 11 is 3.59. The van der Waals surface area contributed by atoms with Crippen LogP contribution in [-0.2, 0) is 11.2 Å². The third-order valence-corrected chi connectivity index (χ3v) is 4.43. The van der Waals surface area contributed by atoms with Gasteiger partial charge in [0.2, 0.25) is 5.91 Å². The topological polar surface area (TPSA) is 29.1 Å². The van der Waals surface area contributed by atoms with Crippen molar-refractivity contribution in [3.05, 3.63) is 35.6 Å². The van der Waals surface area contributed by atoms with Crippen LogP contribution in [0.4, 0.5) is 4.39 Å². The van der Waals surface area contributed by atoms with Crippen molar-refractivity contribution in [1.82, 2.24) is 5.32 Å². The predicted molar refractivity (Wildman–Crippen MR) is 73.2 cm³/mol. The van der Waals surface area contributed by atoms with E-state index >= 15 is 0 Å². The first-order chi connectivity index (χ1) is 8.66. The van der Waals surface area contributed by atoms with Gasteiger partial charge in [-0.1, -0.05) is 47.0 Å². The zero-order valence-corrected chi connectivity index (χ0v) is 11.7. The van der Waals surface area contributed by atoms with Crippen LogP contribution in [0.25, 0.3) is 0 Å². The van der Waals surface area contributed by atoms with Crippen molar-refractivity contribution in [1.29, 1.82) is 0 Å². The van der Waals surface area contributed by atoms with Gasteiger partial charge in [-0.05, 0) is 24.5 Å². The van der Waals surface area contributed by atoms with Crippen LogP contribution in [0.15, 0.2) is 24.3 Å². The largest absolute Gasteiger partial charge is 0.352 e. The SMILES string of the molecule is O=C(Cc1ccccc1F)NC1CCCCC1Br. The fourth-order valence-corrected chi connectivity index (χ4v) is 3.04. The number of nitrogens with one attached hydrogen (secondary N) is 1. The Kier molecular flexibility index (Phi) is 4.75. The molecule has 1 aliphatic rings. The van der Waals surface area contributed by atoms with Crippen molar-refractivity contribution < 1.29 is 9.18 Å². The fourth-order valence-electron chi connectivity index (χ4n) is 2.32. The summed E-state index contributed by atoms with van der Waals surface area (Å²) in [4.78, 5) is 12.2. The minimum Gasteiger partial charge on any atom is -0.352 e. The van der Waals surface area contributed by atoms with E-state index in [0.717, 1.165) is 19.3 Å². The summed E-state index contributed by atoms with van der Waals surface area (Å²) in [6, 6.07) is 6.60. The third-order valence-electron chi connectivity index (χ3n) is 3.34. The Morgan fingerprint density at radius 3 is 2.78 bits per heavy atom. The van der Waals surface area contributed by atoms with Crippen LogP contribution < -0.4 is 5.32 Å². The monoisotopic (exact) mass is 313 g/mol. The van der Waals surface area contributed by atoms with E-state index in [9.17, 15) is 9.18 Å². The summed E-state index contributed by atoms with van der Waals surface area (Å²) in [5.41, 5.74) is 0.455. The molecule has 1 aromatic carbocycles. The molecule has 4 heteroatoms. The van der Waals surface area contributed by atoms with Crippen LogP contribution in [-0.4, -0.2) is 16.8 Å². The molecule has 0 spiro atoms. The number of carbonyl (C=O) groups is 1. The molecule has 1 saturated carbocycles. The lowest BCUT2D eigenvalue weighted by Crippen LogP contribution is -2.43. The normalized spacial score (nSPS) is 23.7. The summed E-state index contributed by atoms with van der Waals surface area (Å²) in [7, 11) is 0.